The van der Waals surface area contributed by atoms with Crippen molar-refractivity contribution in [1.82, 2.24) is 14.6 Å². The van der Waals surface area contributed by atoms with Crippen LogP contribution in [-0.4, -0.2) is 56.3 Å². The lowest BCUT2D eigenvalue weighted by Crippen LogP contribution is -2.48. The van der Waals surface area contributed by atoms with E-state index in [0.29, 0.717) is 40.8 Å². The molecular weight excluding hydrogens is 452 g/mol. The highest BCUT2D eigenvalue weighted by Gasteiger charge is 2.30. The number of sulfonamides is 1. The Morgan fingerprint density at radius 3 is 2.66 bits per heavy atom. The second kappa shape index (κ2) is 8.82. The molecule has 2 aromatic carbocycles. The van der Waals surface area contributed by atoms with E-state index in [0.717, 1.165) is 5.56 Å². The summed E-state index contributed by atoms with van der Waals surface area (Å²) in [6, 6.07) is 10.1. The van der Waals surface area contributed by atoms with Gasteiger partial charge in [0.05, 0.1) is 11.4 Å². The number of anilines is 1. The lowest BCUT2D eigenvalue weighted by molar-refractivity contribution is 0.0959. The lowest BCUT2D eigenvalue weighted by Gasteiger charge is -2.33. The molecule has 0 atom stereocenters. The van der Waals surface area contributed by atoms with Crippen LogP contribution in [0.3, 0.4) is 0 Å². The highest BCUT2D eigenvalue weighted by molar-refractivity contribution is 7.89. The molecule has 1 fully saturated rings. The molecule has 166 valence electrons. The maximum atomic E-state index is 13.0. The lowest BCUT2D eigenvalue weighted by atomic mass is 10.2. The summed E-state index contributed by atoms with van der Waals surface area (Å²) in [5.41, 5.74) is 2.33. The Bertz CT molecular complexity index is 1320. The largest absolute Gasteiger partial charge is 0.423 e. The summed E-state index contributed by atoms with van der Waals surface area (Å²) in [5, 5.41) is 3.03. The van der Waals surface area contributed by atoms with Gasteiger partial charge < -0.3 is 14.6 Å². The molecule has 1 aromatic heterocycles. The Balaban J connectivity index is 1.47. The summed E-state index contributed by atoms with van der Waals surface area (Å²) in [6.07, 6.45) is 5.17. The number of carbonyl (C=O) groups is 1. The number of terminal acetylenes is 1. The van der Waals surface area contributed by atoms with Crippen LogP contribution in [-0.2, 0) is 10.0 Å². The van der Waals surface area contributed by atoms with Gasteiger partial charge in [-0.25, -0.2) is 8.42 Å². The van der Waals surface area contributed by atoms with E-state index < -0.39 is 10.0 Å². The van der Waals surface area contributed by atoms with E-state index in [1.807, 2.05) is 11.8 Å². The molecule has 1 saturated heterocycles. The minimum atomic E-state index is -3.64. The maximum absolute atomic E-state index is 13.0. The van der Waals surface area contributed by atoms with Crippen LogP contribution in [0.1, 0.15) is 15.9 Å². The minimum Gasteiger partial charge on any atom is -0.423 e. The predicted octanol–water partition coefficient (Wildman–Crippen LogP) is 2.66. The highest BCUT2D eigenvalue weighted by Crippen LogP contribution is 2.27. The second-order valence-corrected chi connectivity index (χ2v) is 9.71. The van der Waals surface area contributed by atoms with Gasteiger partial charge in [-0.2, -0.15) is 9.29 Å². The van der Waals surface area contributed by atoms with Gasteiger partial charge in [-0.15, -0.1) is 6.42 Å². The van der Waals surface area contributed by atoms with Gasteiger partial charge in [0.15, 0.2) is 5.58 Å². The molecule has 1 aliphatic heterocycles. The van der Waals surface area contributed by atoms with E-state index in [9.17, 15) is 13.2 Å². The fourth-order valence-electron chi connectivity index (χ4n) is 3.43. The van der Waals surface area contributed by atoms with Gasteiger partial charge in [-0.1, -0.05) is 23.6 Å². The minimum absolute atomic E-state index is 0.142. The average Bonchev–Trinajstić information content (AvgIpc) is 3.22. The number of rotatable bonds is 5. The van der Waals surface area contributed by atoms with Crippen molar-refractivity contribution in [3.05, 3.63) is 52.5 Å². The number of nitrogens with zero attached hydrogens (tertiary/aromatic N) is 3. The molecule has 10 heteroatoms. The zero-order chi connectivity index (χ0) is 22.9. The molecule has 8 nitrogen and oxygen atoms in total. The van der Waals surface area contributed by atoms with Crippen molar-refractivity contribution < 1.29 is 17.6 Å². The summed E-state index contributed by atoms with van der Waals surface area (Å²) >= 11 is 6.11. The van der Waals surface area contributed by atoms with Crippen LogP contribution in [0.25, 0.3) is 11.1 Å². The first-order valence-electron chi connectivity index (χ1n) is 9.93. The number of benzene rings is 2. The normalized spacial score (nSPS) is 15.0. The number of nitrogens with one attached hydrogen (secondary N) is 1. The molecule has 2 heterocycles. The Kier molecular flexibility index (Phi) is 6.11. The van der Waals surface area contributed by atoms with Crippen molar-refractivity contribution in [2.75, 3.05) is 37.6 Å². The molecule has 0 spiro atoms. The number of aromatic nitrogens is 1. The third kappa shape index (κ3) is 4.30. The fraction of sp³-hybridized carbons (Fsp3) is 0.273. The third-order valence-electron chi connectivity index (χ3n) is 5.28. The number of hydrogen-bond acceptors (Lipinski definition) is 6. The molecule has 1 aliphatic rings. The molecular formula is C22H21ClN4O4S. The molecule has 1 amide bonds. The van der Waals surface area contributed by atoms with Crippen molar-refractivity contribution in [1.29, 1.82) is 0 Å². The molecule has 3 aromatic rings. The topological polar surface area (TPSA) is 95.8 Å². The van der Waals surface area contributed by atoms with Gasteiger partial charge in [0.25, 0.3) is 11.9 Å². The van der Waals surface area contributed by atoms with Crippen LogP contribution >= 0.6 is 11.6 Å². The number of piperazine rings is 1. The van der Waals surface area contributed by atoms with E-state index in [4.69, 9.17) is 22.4 Å². The van der Waals surface area contributed by atoms with Gasteiger partial charge in [-0.3, -0.25) is 4.79 Å². The van der Waals surface area contributed by atoms with E-state index in [1.165, 1.54) is 10.4 Å². The molecule has 0 bridgehead atoms. The van der Waals surface area contributed by atoms with Gasteiger partial charge in [-0.05, 0) is 42.8 Å². The zero-order valence-electron chi connectivity index (χ0n) is 17.3. The first-order chi connectivity index (χ1) is 15.3. The van der Waals surface area contributed by atoms with E-state index in [2.05, 4.69) is 16.2 Å². The quantitative estimate of drug-likeness (QED) is 0.573. The number of oxazole rings is 1. The standard InChI is InChI=1S/C22H21ClN4O4S/c1-3-8-24-21(28)16-5-7-20-19(13-16)25-22(31-20)26-9-11-27(12-10-26)32(29,30)17-6-4-15(2)18(23)14-17/h1,4-7,13-14H,8-12H2,2H3,(H,24,28). The summed E-state index contributed by atoms with van der Waals surface area (Å²) in [4.78, 5) is 18.6. The molecule has 0 saturated carbocycles. The summed E-state index contributed by atoms with van der Waals surface area (Å²) in [5.74, 6) is 2.07. The number of carbonyl (C=O) groups excluding carboxylic acids is 1. The maximum Gasteiger partial charge on any atom is 0.298 e. The monoisotopic (exact) mass is 472 g/mol. The summed E-state index contributed by atoms with van der Waals surface area (Å²) in [6.45, 7) is 3.37. The van der Waals surface area contributed by atoms with Gasteiger partial charge in [0.2, 0.25) is 10.0 Å². The van der Waals surface area contributed by atoms with Crippen LogP contribution in [0, 0.1) is 19.3 Å². The fourth-order valence-corrected chi connectivity index (χ4v) is 5.12. The van der Waals surface area contributed by atoms with Gasteiger partial charge in [0, 0.05) is 36.8 Å². The highest BCUT2D eigenvalue weighted by atomic mass is 35.5. The smallest absolute Gasteiger partial charge is 0.298 e. The molecule has 0 unspecified atom stereocenters. The molecule has 1 N–H and O–H groups in total. The molecule has 0 aliphatic carbocycles. The summed E-state index contributed by atoms with van der Waals surface area (Å²) in [7, 11) is -3.64. The Labute approximate surface area is 191 Å². The van der Waals surface area contributed by atoms with Crippen molar-refractivity contribution >= 4 is 44.6 Å². The van der Waals surface area contributed by atoms with Crippen LogP contribution in [0.5, 0.6) is 0 Å². The van der Waals surface area contributed by atoms with Gasteiger partial charge >= 0.3 is 0 Å². The second-order valence-electron chi connectivity index (χ2n) is 7.37. The molecule has 32 heavy (non-hydrogen) atoms. The molecule has 4 rings (SSSR count). The number of hydrogen-bond donors (Lipinski definition) is 1. The first-order valence-corrected chi connectivity index (χ1v) is 11.7. The Hall–Kier alpha value is -3.06. The van der Waals surface area contributed by atoms with Crippen molar-refractivity contribution in [2.45, 2.75) is 11.8 Å². The Morgan fingerprint density at radius 1 is 1.22 bits per heavy atom. The average molecular weight is 473 g/mol. The Morgan fingerprint density at radius 2 is 1.97 bits per heavy atom. The SMILES string of the molecule is C#CCNC(=O)c1ccc2oc(N3CCN(S(=O)(=O)c4ccc(C)c(Cl)c4)CC3)nc2c1. The number of amides is 1. The van der Waals surface area contributed by atoms with E-state index in [-0.39, 0.29) is 30.4 Å². The number of halogens is 1. The number of aryl methyl sites for hydroxylation is 1. The van der Waals surface area contributed by atoms with Crippen LogP contribution in [0.2, 0.25) is 5.02 Å². The summed E-state index contributed by atoms with van der Waals surface area (Å²) < 4.78 is 33.2. The van der Waals surface area contributed by atoms with Crippen molar-refractivity contribution in [3.8, 4) is 12.3 Å². The zero-order valence-corrected chi connectivity index (χ0v) is 18.9. The molecule has 0 radical (unpaired) electrons. The van der Waals surface area contributed by atoms with E-state index >= 15 is 0 Å². The third-order valence-corrected chi connectivity index (χ3v) is 7.58. The van der Waals surface area contributed by atoms with Crippen LogP contribution in [0.15, 0.2) is 45.7 Å². The van der Waals surface area contributed by atoms with Crippen molar-refractivity contribution in [3.63, 3.8) is 0 Å². The van der Waals surface area contributed by atoms with Crippen LogP contribution in [0.4, 0.5) is 6.01 Å². The van der Waals surface area contributed by atoms with Crippen LogP contribution < -0.4 is 10.2 Å². The predicted molar refractivity (Wildman–Crippen MR) is 122 cm³/mol. The van der Waals surface area contributed by atoms with E-state index in [1.54, 1.807) is 30.3 Å². The van der Waals surface area contributed by atoms with Crippen molar-refractivity contribution in [2.24, 2.45) is 0 Å². The number of fused-ring (bicyclic) bond motifs is 1. The first kappa shape index (κ1) is 22.1. The van der Waals surface area contributed by atoms with Gasteiger partial charge in [0.1, 0.15) is 5.52 Å².